The Morgan fingerprint density at radius 3 is 1.94 bits per heavy atom. The highest BCUT2D eigenvalue weighted by atomic mass is 35.5. The maximum absolute atomic E-state index is 13.2. The van der Waals surface area contributed by atoms with E-state index in [0.717, 1.165) is 23.2 Å². The summed E-state index contributed by atoms with van der Waals surface area (Å²) in [7, 11) is 0. The molecule has 1 saturated heterocycles. The Balaban J connectivity index is 0.00000363. The number of carbonyl (C=O) groups excluding carboxylic acids is 1. The van der Waals surface area contributed by atoms with E-state index in [1.807, 2.05) is 81.7 Å². The average molecular weight is 458 g/mol. The third kappa shape index (κ3) is 5.63. The second kappa shape index (κ2) is 9.53. The minimum atomic E-state index is -0.285. The fourth-order valence-corrected chi connectivity index (χ4v) is 3.97. The number of phenols is 1. The number of benzene rings is 2. The third-order valence-corrected chi connectivity index (χ3v) is 5.84. The second-order valence-corrected chi connectivity index (χ2v) is 10.5. The summed E-state index contributed by atoms with van der Waals surface area (Å²) in [5, 5.41) is 19.5. The van der Waals surface area contributed by atoms with Crippen LogP contribution in [-0.4, -0.2) is 46.3 Å². The fraction of sp³-hybridized carbons (Fsp3) is 0.462. The van der Waals surface area contributed by atoms with Crippen LogP contribution >= 0.6 is 12.4 Å². The summed E-state index contributed by atoms with van der Waals surface area (Å²) in [6.07, 6.45) is 0. The van der Waals surface area contributed by atoms with Crippen molar-refractivity contribution < 1.29 is 9.90 Å². The van der Waals surface area contributed by atoms with Crippen LogP contribution in [0.1, 0.15) is 68.6 Å². The molecule has 2 aromatic rings. The van der Waals surface area contributed by atoms with E-state index in [1.54, 1.807) is 0 Å². The maximum atomic E-state index is 13.2. The van der Waals surface area contributed by atoms with E-state index in [4.69, 9.17) is 5.41 Å². The minimum Gasteiger partial charge on any atom is -0.507 e. The number of hydrogen-bond acceptors (Lipinski definition) is 3. The first-order valence-electron chi connectivity index (χ1n) is 10.9. The Morgan fingerprint density at radius 2 is 1.44 bits per heavy atom. The van der Waals surface area contributed by atoms with Gasteiger partial charge in [-0.05, 0) is 28.5 Å². The third-order valence-electron chi connectivity index (χ3n) is 5.84. The molecule has 1 aliphatic heterocycles. The molecule has 0 saturated carbocycles. The first-order chi connectivity index (χ1) is 14.4. The number of hydrogen-bond donors (Lipinski definition) is 2. The lowest BCUT2D eigenvalue weighted by Crippen LogP contribution is -2.36. The monoisotopic (exact) mass is 457 g/mol. The highest BCUT2D eigenvalue weighted by Gasteiger charge is 2.30. The highest BCUT2D eigenvalue weighted by molar-refractivity contribution is 6.00. The Hall–Kier alpha value is -2.53. The van der Waals surface area contributed by atoms with E-state index in [2.05, 4.69) is 12.1 Å². The molecule has 5 nitrogen and oxygen atoms in total. The molecule has 1 fully saturated rings. The summed E-state index contributed by atoms with van der Waals surface area (Å²) in [5.74, 6) is 0.643. The predicted molar refractivity (Wildman–Crippen MR) is 133 cm³/mol. The Bertz CT molecular complexity index is 940. The molecule has 0 spiro atoms. The maximum Gasteiger partial charge on any atom is 0.194 e. The number of nitrogens with one attached hydrogen (secondary N) is 1. The zero-order valence-corrected chi connectivity index (χ0v) is 20.8. The van der Waals surface area contributed by atoms with Gasteiger partial charge in [0.1, 0.15) is 5.75 Å². The van der Waals surface area contributed by atoms with Crippen molar-refractivity contribution >= 4 is 24.1 Å². The van der Waals surface area contributed by atoms with Crippen LogP contribution < -0.4 is 0 Å². The number of ketones is 1. The standard InChI is InChI=1S/C26H35N3O2.ClH/c1-25(2,3)20-14-19(15-21(23(20)31)26(4,5)6)22(30)17-29-13-12-28(24(29)27)16-18-10-8-7-9-11-18;/h7-11,14-15,27,31H,12-13,16-17H2,1-6H3;1H. The lowest BCUT2D eigenvalue weighted by molar-refractivity contribution is 0.0966. The van der Waals surface area contributed by atoms with Crippen LogP contribution in [0, 0.1) is 5.41 Å². The molecule has 0 amide bonds. The van der Waals surface area contributed by atoms with Crippen molar-refractivity contribution in [2.24, 2.45) is 0 Å². The van der Waals surface area contributed by atoms with Crippen LogP contribution in [0.3, 0.4) is 0 Å². The number of guanidine groups is 1. The fourth-order valence-electron chi connectivity index (χ4n) is 3.97. The van der Waals surface area contributed by atoms with Gasteiger partial charge in [0.25, 0.3) is 0 Å². The molecule has 1 heterocycles. The van der Waals surface area contributed by atoms with Crippen LogP contribution in [0.25, 0.3) is 0 Å². The number of Topliss-reactive ketones (excluding diaryl/α,β-unsaturated/α-hetero) is 1. The van der Waals surface area contributed by atoms with Gasteiger partial charge in [-0.2, -0.15) is 0 Å². The number of nitrogens with zero attached hydrogens (tertiary/aromatic N) is 2. The van der Waals surface area contributed by atoms with Gasteiger partial charge < -0.3 is 14.9 Å². The highest BCUT2D eigenvalue weighted by Crippen LogP contribution is 2.39. The zero-order chi connectivity index (χ0) is 23.0. The zero-order valence-electron chi connectivity index (χ0n) is 20.0. The van der Waals surface area contributed by atoms with Gasteiger partial charge in [-0.15, -0.1) is 12.4 Å². The second-order valence-electron chi connectivity index (χ2n) is 10.5. The van der Waals surface area contributed by atoms with E-state index in [1.165, 1.54) is 0 Å². The lowest BCUT2D eigenvalue weighted by atomic mass is 9.78. The topological polar surface area (TPSA) is 67.6 Å². The Labute approximate surface area is 198 Å². The number of carbonyl (C=O) groups is 1. The number of rotatable bonds is 5. The van der Waals surface area contributed by atoms with Crippen molar-refractivity contribution in [2.75, 3.05) is 19.6 Å². The van der Waals surface area contributed by atoms with E-state index in [9.17, 15) is 9.90 Å². The Morgan fingerprint density at radius 1 is 0.938 bits per heavy atom. The summed E-state index contributed by atoms with van der Waals surface area (Å²) in [6, 6.07) is 13.8. The van der Waals surface area contributed by atoms with Gasteiger partial charge in [0.15, 0.2) is 11.7 Å². The van der Waals surface area contributed by atoms with Crippen LogP contribution in [0.2, 0.25) is 0 Å². The van der Waals surface area contributed by atoms with Crippen molar-refractivity contribution in [3.05, 3.63) is 64.7 Å². The molecule has 174 valence electrons. The minimum absolute atomic E-state index is 0. The summed E-state index contributed by atoms with van der Waals surface area (Å²) < 4.78 is 0. The van der Waals surface area contributed by atoms with Gasteiger partial charge in [0.2, 0.25) is 0 Å². The molecule has 0 bridgehead atoms. The van der Waals surface area contributed by atoms with Crippen LogP contribution in [0.15, 0.2) is 42.5 Å². The number of phenolic OH excluding ortho intramolecular Hbond substituents is 1. The summed E-state index contributed by atoms with van der Waals surface area (Å²) in [4.78, 5) is 17.1. The van der Waals surface area contributed by atoms with Crippen molar-refractivity contribution in [2.45, 2.75) is 58.9 Å². The Kier molecular flexibility index (Phi) is 7.67. The van der Waals surface area contributed by atoms with E-state index in [0.29, 0.717) is 24.6 Å². The summed E-state index contributed by atoms with van der Waals surface area (Å²) in [5.41, 5.74) is 2.75. The first-order valence-corrected chi connectivity index (χ1v) is 10.9. The summed E-state index contributed by atoms with van der Waals surface area (Å²) in [6.45, 7) is 14.5. The molecular weight excluding hydrogens is 422 g/mol. The molecule has 2 aromatic carbocycles. The van der Waals surface area contributed by atoms with Crippen LogP contribution in [-0.2, 0) is 17.4 Å². The SMILES string of the molecule is CC(C)(C)c1cc(C(=O)CN2CCN(Cc3ccccc3)C2=N)cc(C(C)(C)C)c1O.Cl. The van der Waals surface area contributed by atoms with E-state index in [-0.39, 0.29) is 41.3 Å². The van der Waals surface area contributed by atoms with E-state index < -0.39 is 0 Å². The molecule has 32 heavy (non-hydrogen) atoms. The molecule has 3 rings (SSSR count). The van der Waals surface area contributed by atoms with Gasteiger partial charge in [-0.25, -0.2) is 0 Å². The smallest absolute Gasteiger partial charge is 0.194 e. The molecule has 0 radical (unpaired) electrons. The average Bonchev–Trinajstić information content (AvgIpc) is 3.00. The van der Waals surface area contributed by atoms with Gasteiger partial charge in [-0.1, -0.05) is 71.9 Å². The van der Waals surface area contributed by atoms with Crippen molar-refractivity contribution in [1.82, 2.24) is 9.80 Å². The largest absolute Gasteiger partial charge is 0.507 e. The van der Waals surface area contributed by atoms with Crippen LogP contribution in [0.4, 0.5) is 0 Å². The molecule has 1 aliphatic rings. The summed E-state index contributed by atoms with van der Waals surface area (Å²) >= 11 is 0. The molecule has 6 heteroatoms. The number of halogens is 1. The normalized spacial score (nSPS) is 14.5. The molecule has 0 unspecified atom stereocenters. The van der Waals surface area contributed by atoms with E-state index >= 15 is 0 Å². The molecular formula is C26H36ClN3O2. The first kappa shape index (κ1) is 25.7. The van der Waals surface area contributed by atoms with Crippen molar-refractivity contribution in [3.8, 4) is 5.75 Å². The molecule has 2 N–H and O–H groups in total. The molecule has 0 atom stereocenters. The van der Waals surface area contributed by atoms with Gasteiger partial charge in [-0.3, -0.25) is 10.2 Å². The molecule has 0 aliphatic carbocycles. The lowest BCUT2D eigenvalue weighted by Gasteiger charge is -2.28. The van der Waals surface area contributed by atoms with Crippen molar-refractivity contribution in [1.29, 1.82) is 5.41 Å². The van der Waals surface area contributed by atoms with Gasteiger partial charge in [0.05, 0.1) is 6.54 Å². The predicted octanol–water partition coefficient (Wildman–Crippen LogP) is 5.34. The van der Waals surface area contributed by atoms with Crippen molar-refractivity contribution in [3.63, 3.8) is 0 Å². The quantitative estimate of drug-likeness (QED) is 0.594. The molecule has 0 aromatic heterocycles. The van der Waals surface area contributed by atoms with Gasteiger partial charge in [0, 0.05) is 36.3 Å². The van der Waals surface area contributed by atoms with Gasteiger partial charge >= 0.3 is 0 Å². The number of aromatic hydroxyl groups is 1. The van der Waals surface area contributed by atoms with Crippen LogP contribution in [0.5, 0.6) is 5.75 Å².